The van der Waals surface area contributed by atoms with E-state index in [0.717, 1.165) is 10.5 Å². The standard InChI is InChI=1S/C64H104N2O20/c1-42-16-12-11-13-17-43(2)54(77-9)40-50-21-19-48(7)64(75,86-50)60(71)61(72)66-24-15-14-18-51(66)62(73)84-55(41-52(67)44(3)37-47(6)58(69)59(70)57(68)46(5)36-42)45(4)38-49-20-22-53(56(39-49)78-10)85-63(74)65-23-25-79-28-29-81-32-33-83-35-34-82-31-30-80-27-26-76-8/h11-13,16-17,37,42,44-46,48-51,53-56,58-59,69-70,75H,14-15,18-36,38-41H2,1-10H3,(H,65,74)/b13-11+,16-12+,43-17+,47-37+/t42-,44-,45-,46-,48-,49+,50+,51+,53-,54+,55+,56-,58-,59+,64-/m1/s1. The van der Waals surface area contributed by atoms with E-state index in [2.05, 4.69) is 5.32 Å². The van der Waals surface area contributed by atoms with E-state index < -0.39 is 108 Å². The monoisotopic (exact) mass is 1220 g/mol. The lowest BCUT2D eigenvalue weighted by molar-refractivity contribution is -0.265. The van der Waals surface area contributed by atoms with E-state index in [1.165, 1.54) is 13.0 Å². The van der Waals surface area contributed by atoms with Crippen LogP contribution >= 0.6 is 0 Å². The molecule has 0 unspecified atom stereocenters. The van der Waals surface area contributed by atoms with Crippen molar-refractivity contribution in [2.45, 2.75) is 180 Å². The predicted octanol–water partition coefficient (Wildman–Crippen LogP) is 5.99. The molecular weight excluding hydrogens is 1120 g/mol. The molecule has 0 radical (unpaired) electrons. The highest BCUT2D eigenvalue weighted by molar-refractivity contribution is 6.39. The Labute approximate surface area is 510 Å². The number of ketones is 3. The zero-order chi connectivity index (χ0) is 63.2. The van der Waals surface area contributed by atoms with Gasteiger partial charge in [0.2, 0.25) is 5.79 Å². The fraction of sp³-hybridized carbons (Fsp3) is 0.781. The van der Waals surface area contributed by atoms with E-state index in [1.807, 2.05) is 51.2 Å². The number of hydrogen-bond acceptors (Lipinski definition) is 20. The molecule has 86 heavy (non-hydrogen) atoms. The minimum absolute atomic E-state index is 0.0158. The first-order valence-electron chi connectivity index (χ1n) is 31.1. The highest BCUT2D eigenvalue weighted by atomic mass is 16.6. The molecule has 2 saturated heterocycles. The van der Waals surface area contributed by atoms with Crippen molar-refractivity contribution in [3.05, 3.63) is 47.6 Å². The molecule has 3 heterocycles. The molecule has 4 N–H and O–H groups in total. The number of amides is 2. The van der Waals surface area contributed by atoms with Crippen LogP contribution in [0.3, 0.4) is 0 Å². The van der Waals surface area contributed by atoms with Gasteiger partial charge in [-0.25, -0.2) is 9.59 Å². The van der Waals surface area contributed by atoms with Gasteiger partial charge in [-0.2, -0.15) is 0 Å². The normalized spacial score (nSPS) is 33.3. The second-order valence-electron chi connectivity index (χ2n) is 23.7. The highest BCUT2D eigenvalue weighted by Crippen LogP contribution is 2.38. The van der Waals surface area contributed by atoms with Gasteiger partial charge in [-0.1, -0.05) is 71.1 Å². The van der Waals surface area contributed by atoms with Gasteiger partial charge in [0.1, 0.15) is 36.2 Å². The maximum atomic E-state index is 14.6. The van der Waals surface area contributed by atoms with E-state index in [0.29, 0.717) is 124 Å². The minimum Gasteiger partial charge on any atom is -0.460 e. The van der Waals surface area contributed by atoms with Crippen LogP contribution in [0, 0.1) is 35.5 Å². The topological polar surface area (TPSA) is 280 Å². The van der Waals surface area contributed by atoms with Gasteiger partial charge >= 0.3 is 12.1 Å². The summed E-state index contributed by atoms with van der Waals surface area (Å²) in [5.74, 6) is -9.14. The van der Waals surface area contributed by atoms with Gasteiger partial charge in [-0.3, -0.25) is 19.2 Å². The largest absolute Gasteiger partial charge is 0.460 e. The van der Waals surface area contributed by atoms with Crippen LogP contribution in [-0.2, 0) is 76.1 Å². The zero-order valence-electron chi connectivity index (χ0n) is 53.0. The molecule has 1 aliphatic carbocycles. The first kappa shape index (κ1) is 74.2. The lowest BCUT2D eigenvalue weighted by atomic mass is 9.78. The summed E-state index contributed by atoms with van der Waals surface area (Å²) in [5.41, 5.74) is 1.06. The number of allylic oxidation sites excluding steroid dienone is 6. The third-order valence-corrected chi connectivity index (χ3v) is 16.9. The molecule has 22 nitrogen and oxygen atoms in total. The summed E-state index contributed by atoms with van der Waals surface area (Å²) < 4.78 is 62.4. The number of aliphatic hydroxyl groups is 3. The third-order valence-electron chi connectivity index (χ3n) is 16.9. The number of carbonyl (C=O) groups is 6. The van der Waals surface area contributed by atoms with Crippen molar-refractivity contribution in [3.63, 3.8) is 0 Å². The number of methoxy groups -OCH3 is 3. The molecule has 3 fully saturated rings. The summed E-state index contributed by atoms with van der Waals surface area (Å²) in [5, 5.41) is 37.2. The van der Waals surface area contributed by atoms with Crippen LogP contribution in [0.25, 0.3) is 0 Å². The Balaban J connectivity index is 1.43. The van der Waals surface area contributed by atoms with Gasteiger partial charge in [0, 0.05) is 65.0 Å². The number of rotatable bonds is 24. The number of alkyl carbamates (subject to hydrolysis) is 1. The Morgan fingerprint density at radius 2 is 1.37 bits per heavy atom. The Kier molecular flexibility index (Phi) is 34.2. The highest BCUT2D eigenvalue weighted by Gasteiger charge is 2.53. The Hall–Kier alpha value is -4.30. The summed E-state index contributed by atoms with van der Waals surface area (Å²) in [6, 6.07) is -1.21. The molecule has 4 aliphatic rings. The van der Waals surface area contributed by atoms with E-state index in [9.17, 15) is 44.1 Å². The molecule has 490 valence electrons. The van der Waals surface area contributed by atoms with Gasteiger partial charge < -0.3 is 77.6 Å². The summed E-state index contributed by atoms with van der Waals surface area (Å²) in [6.07, 6.45) is 8.30. The summed E-state index contributed by atoms with van der Waals surface area (Å²) in [6.45, 7) is 17.2. The first-order valence-corrected chi connectivity index (χ1v) is 31.1. The van der Waals surface area contributed by atoms with Crippen molar-refractivity contribution in [1.29, 1.82) is 0 Å². The fourth-order valence-electron chi connectivity index (χ4n) is 11.5. The van der Waals surface area contributed by atoms with Crippen LogP contribution in [0.4, 0.5) is 4.79 Å². The van der Waals surface area contributed by atoms with Crippen molar-refractivity contribution < 1.29 is 96.2 Å². The van der Waals surface area contributed by atoms with Crippen LogP contribution in [0.2, 0.25) is 0 Å². The van der Waals surface area contributed by atoms with Crippen molar-refractivity contribution in [2.24, 2.45) is 35.5 Å². The number of piperidine rings is 1. The van der Waals surface area contributed by atoms with Crippen LogP contribution in [0.1, 0.15) is 126 Å². The van der Waals surface area contributed by atoms with Gasteiger partial charge in [0.15, 0.2) is 5.78 Å². The molecule has 0 aromatic heterocycles. The van der Waals surface area contributed by atoms with E-state index in [1.54, 1.807) is 42.1 Å². The maximum Gasteiger partial charge on any atom is 0.407 e. The van der Waals surface area contributed by atoms with Crippen LogP contribution in [0.5, 0.6) is 0 Å². The SMILES string of the molecule is COCCOCCOCCOCCOCCOCCNC(=O)O[C@@H]1CC[C@@H](C[C@@H](C)[C@@H]2CC(=O)[C@H](C)/C=C(\C)[C@@H](O)[C@@H](O)C(=O)[C@H](C)C[C@H](C)/C=C/C=C/C=C(\C)[C@@H](OC)C[C@@H]3CC[C@@H](C)[C@@](O)(O3)C(=O)C(=O)N3CCCC[C@H]3C(=O)O2)C[C@H]1OC. The Morgan fingerprint density at radius 3 is 2.00 bits per heavy atom. The Morgan fingerprint density at radius 1 is 0.733 bits per heavy atom. The van der Waals surface area contributed by atoms with Crippen molar-refractivity contribution in [2.75, 3.05) is 107 Å². The molecule has 3 aliphatic heterocycles. The van der Waals surface area contributed by atoms with Gasteiger partial charge in [0.05, 0.1) is 91.0 Å². The smallest absolute Gasteiger partial charge is 0.407 e. The quantitative estimate of drug-likeness (QED) is 0.0374. The van der Waals surface area contributed by atoms with Crippen molar-refractivity contribution in [3.8, 4) is 0 Å². The molecule has 4 rings (SSSR count). The third kappa shape index (κ3) is 24.6. The molecular formula is C64H104N2O20. The van der Waals surface area contributed by atoms with Crippen LogP contribution < -0.4 is 5.32 Å². The number of carbonyl (C=O) groups excluding carboxylic acids is 6. The predicted molar refractivity (Wildman–Crippen MR) is 319 cm³/mol. The number of hydrogen-bond donors (Lipinski definition) is 4. The van der Waals surface area contributed by atoms with Crippen molar-refractivity contribution >= 4 is 35.3 Å². The molecule has 0 aromatic carbocycles. The van der Waals surface area contributed by atoms with Crippen LogP contribution in [-0.4, -0.2) is 217 Å². The van der Waals surface area contributed by atoms with E-state index in [-0.39, 0.29) is 62.2 Å². The number of ether oxygens (including phenoxy) is 11. The molecule has 2 amide bonds. The maximum absolute atomic E-state index is 14.6. The summed E-state index contributed by atoms with van der Waals surface area (Å²) in [7, 11) is 4.73. The molecule has 0 aromatic rings. The van der Waals surface area contributed by atoms with Gasteiger partial charge in [-0.15, -0.1) is 0 Å². The number of Topliss-reactive ketones (excluding diaryl/α,β-unsaturated/α-hetero) is 3. The molecule has 2 bridgehead atoms. The lowest BCUT2D eigenvalue weighted by Crippen LogP contribution is -2.61. The van der Waals surface area contributed by atoms with Crippen LogP contribution in [0.15, 0.2) is 47.6 Å². The number of fused-ring (bicyclic) bond motifs is 3. The van der Waals surface area contributed by atoms with E-state index in [4.69, 9.17) is 52.1 Å². The molecule has 15 atom stereocenters. The second kappa shape index (κ2) is 39.7. The first-order chi connectivity index (χ1) is 41.1. The number of aliphatic hydroxyl groups excluding tert-OH is 2. The average molecular weight is 1220 g/mol. The Bertz CT molecular complexity index is 2200. The molecule has 1 saturated carbocycles. The number of esters is 1. The molecule has 22 heteroatoms. The van der Waals surface area contributed by atoms with Gasteiger partial charge in [-0.05, 0) is 107 Å². The lowest BCUT2D eigenvalue weighted by Gasteiger charge is -2.42. The number of nitrogens with zero attached hydrogens (tertiary/aromatic N) is 1. The number of cyclic esters (lactones) is 1. The average Bonchev–Trinajstić information content (AvgIpc) is 1.71. The van der Waals surface area contributed by atoms with Gasteiger partial charge in [0.25, 0.3) is 11.7 Å². The summed E-state index contributed by atoms with van der Waals surface area (Å²) >= 11 is 0. The minimum atomic E-state index is -2.48. The number of nitrogens with one attached hydrogen (secondary N) is 1. The summed E-state index contributed by atoms with van der Waals surface area (Å²) in [4.78, 5) is 85.3. The second-order valence-corrected chi connectivity index (χ2v) is 23.7. The zero-order valence-corrected chi connectivity index (χ0v) is 53.0. The van der Waals surface area contributed by atoms with Crippen molar-refractivity contribution in [1.82, 2.24) is 10.2 Å². The molecule has 0 spiro atoms. The van der Waals surface area contributed by atoms with E-state index >= 15 is 0 Å². The fourth-order valence-corrected chi connectivity index (χ4v) is 11.5.